The molecule has 0 aromatic heterocycles. The Kier molecular flexibility index (Phi) is 5.28. The zero-order valence-electron chi connectivity index (χ0n) is 13.7. The van der Waals surface area contributed by atoms with E-state index in [1.54, 1.807) is 12.1 Å². The second-order valence-corrected chi connectivity index (χ2v) is 6.57. The van der Waals surface area contributed by atoms with Gasteiger partial charge in [0.25, 0.3) is 0 Å². The number of carboxylic acids is 1. The molecule has 2 aliphatic rings. The molecule has 0 radical (unpaired) electrons. The van der Waals surface area contributed by atoms with Gasteiger partial charge in [-0.25, -0.2) is 4.39 Å². The molecule has 5 nitrogen and oxygen atoms in total. The Hall–Kier alpha value is -1.76. The smallest absolute Gasteiger partial charge is 0.317 e. The number of benzene rings is 1. The first-order valence-corrected chi connectivity index (χ1v) is 8.27. The SMILES string of the molecule is O=C(O)CN1CCOC2(CCN(CC=Cc3ccc(F)cc3)C2)C1. The summed E-state index contributed by atoms with van der Waals surface area (Å²) < 4.78 is 18.9. The third kappa shape index (κ3) is 4.41. The van der Waals surface area contributed by atoms with Crippen LogP contribution in [0.5, 0.6) is 0 Å². The Morgan fingerprint density at radius 2 is 2.00 bits per heavy atom. The Morgan fingerprint density at radius 1 is 1.25 bits per heavy atom. The second-order valence-electron chi connectivity index (χ2n) is 6.57. The van der Waals surface area contributed by atoms with Crippen molar-refractivity contribution < 1.29 is 19.0 Å². The summed E-state index contributed by atoms with van der Waals surface area (Å²) in [6.45, 7) is 4.59. The molecule has 1 atom stereocenters. The molecule has 1 aromatic carbocycles. The van der Waals surface area contributed by atoms with Gasteiger partial charge < -0.3 is 9.84 Å². The maximum Gasteiger partial charge on any atom is 0.317 e. The van der Waals surface area contributed by atoms with E-state index in [0.29, 0.717) is 19.7 Å². The molecular formula is C18H23FN2O3. The molecule has 6 heteroatoms. The van der Waals surface area contributed by atoms with Crippen LogP contribution in [0.4, 0.5) is 4.39 Å². The zero-order valence-corrected chi connectivity index (χ0v) is 13.7. The van der Waals surface area contributed by atoms with Gasteiger partial charge in [-0.1, -0.05) is 24.3 Å². The van der Waals surface area contributed by atoms with Crippen molar-refractivity contribution in [1.29, 1.82) is 0 Å². The first-order chi connectivity index (χ1) is 11.5. The van der Waals surface area contributed by atoms with E-state index in [1.165, 1.54) is 12.1 Å². The third-order valence-corrected chi connectivity index (χ3v) is 4.63. The van der Waals surface area contributed by atoms with E-state index in [9.17, 15) is 9.18 Å². The molecule has 2 aliphatic heterocycles. The molecule has 1 N–H and O–H groups in total. The topological polar surface area (TPSA) is 53.0 Å². The second kappa shape index (κ2) is 7.42. The Balaban J connectivity index is 1.51. The highest BCUT2D eigenvalue weighted by molar-refractivity contribution is 5.69. The van der Waals surface area contributed by atoms with Crippen LogP contribution in [0.15, 0.2) is 30.3 Å². The first kappa shape index (κ1) is 17.1. The maximum atomic E-state index is 12.9. The van der Waals surface area contributed by atoms with Crippen molar-refractivity contribution in [2.75, 3.05) is 45.9 Å². The van der Waals surface area contributed by atoms with Crippen molar-refractivity contribution >= 4 is 12.0 Å². The standard InChI is InChI=1S/C18H23FN2O3/c19-16-5-3-15(4-6-16)2-1-8-20-9-7-18(13-20)14-21(10-11-24-18)12-17(22)23/h1-6H,7-14H2,(H,22,23). The number of rotatable bonds is 5. The highest BCUT2D eigenvalue weighted by Gasteiger charge is 2.42. The van der Waals surface area contributed by atoms with Gasteiger partial charge in [0.05, 0.1) is 18.8 Å². The fourth-order valence-corrected chi connectivity index (χ4v) is 3.49. The predicted molar refractivity (Wildman–Crippen MR) is 89.2 cm³/mol. The van der Waals surface area contributed by atoms with E-state index in [4.69, 9.17) is 9.84 Å². The largest absolute Gasteiger partial charge is 0.480 e. The van der Waals surface area contributed by atoms with Crippen LogP contribution in [0.3, 0.4) is 0 Å². The average Bonchev–Trinajstić information content (AvgIpc) is 2.91. The number of ether oxygens (including phenoxy) is 1. The highest BCUT2D eigenvalue weighted by Crippen LogP contribution is 2.29. The summed E-state index contributed by atoms with van der Waals surface area (Å²) in [4.78, 5) is 15.2. The van der Waals surface area contributed by atoms with Gasteiger partial charge in [0.2, 0.25) is 0 Å². The highest BCUT2D eigenvalue weighted by atomic mass is 19.1. The summed E-state index contributed by atoms with van der Waals surface area (Å²) in [5.74, 6) is -1.02. The molecule has 130 valence electrons. The van der Waals surface area contributed by atoms with Crippen molar-refractivity contribution in [2.45, 2.75) is 12.0 Å². The van der Waals surface area contributed by atoms with Gasteiger partial charge in [-0.2, -0.15) is 0 Å². The Bertz CT molecular complexity index is 605. The van der Waals surface area contributed by atoms with Crippen molar-refractivity contribution in [3.8, 4) is 0 Å². The number of carbonyl (C=O) groups is 1. The minimum Gasteiger partial charge on any atom is -0.480 e. The maximum absolute atomic E-state index is 12.9. The summed E-state index contributed by atoms with van der Waals surface area (Å²) >= 11 is 0. The van der Waals surface area contributed by atoms with Crippen molar-refractivity contribution in [3.05, 3.63) is 41.7 Å². The lowest BCUT2D eigenvalue weighted by atomic mass is 10.0. The molecule has 3 rings (SSSR count). The number of hydrogen-bond donors (Lipinski definition) is 1. The number of likely N-dealkylation sites (tertiary alicyclic amines) is 1. The number of hydrogen-bond acceptors (Lipinski definition) is 4. The zero-order chi connectivity index (χ0) is 17.0. The molecule has 0 amide bonds. The Labute approximate surface area is 141 Å². The number of halogens is 1. The van der Waals surface area contributed by atoms with Gasteiger partial charge >= 0.3 is 5.97 Å². The molecule has 0 saturated carbocycles. The van der Waals surface area contributed by atoms with E-state index in [-0.39, 0.29) is 18.0 Å². The number of carboxylic acid groups (broad SMARTS) is 1. The van der Waals surface area contributed by atoms with Gasteiger partial charge in [-0.3, -0.25) is 14.6 Å². The summed E-state index contributed by atoms with van der Waals surface area (Å²) in [6.07, 6.45) is 4.99. The summed E-state index contributed by atoms with van der Waals surface area (Å²) in [7, 11) is 0. The minimum absolute atomic E-state index is 0.0789. The van der Waals surface area contributed by atoms with Crippen LogP contribution in [-0.2, 0) is 9.53 Å². The molecule has 2 saturated heterocycles. The third-order valence-electron chi connectivity index (χ3n) is 4.63. The van der Waals surface area contributed by atoms with Gasteiger partial charge in [-0.05, 0) is 24.1 Å². The van der Waals surface area contributed by atoms with E-state index in [1.807, 2.05) is 11.0 Å². The van der Waals surface area contributed by atoms with Crippen LogP contribution in [0.2, 0.25) is 0 Å². The molecule has 24 heavy (non-hydrogen) atoms. The summed E-state index contributed by atoms with van der Waals surface area (Å²) in [5.41, 5.74) is 0.740. The van der Waals surface area contributed by atoms with E-state index in [2.05, 4.69) is 11.0 Å². The van der Waals surface area contributed by atoms with Gasteiger partial charge in [0.1, 0.15) is 5.82 Å². The summed E-state index contributed by atoms with van der Waals surface area (Å²) in [5, 5.41) is 8.96. The van der Waals surface area contributed by atoms with Crippen molar-refractivity contribution in [1.82, 2.24) is 9.80 Å². The fraction of sp³-hybridized carbons (Fsp3) is 0.500. The van der Waals surface area contributed by atoms with Crippen LogP contribution < -0.4 is 0 Å². The number of nitrogens with zero attached hydrogens (tertiary/aromatic N) is 2. The number of morpholine rings is 1. The molecule has 1 aromatic rings. The lowest BCUT2D eigenvalue weighted by Crippen LogP contribution is -2.54. The van der Waals surface area contributed by atoms with Crippen molar-refractivity contribution in [2.24, 2.45) is 0 Å². The minimum atomic E-state index is -0.788. The van der Waals surface area contributed by atoms with E-state index < -0.39 is 5.97 Å². The predicted octanol–water partition coefficient (Wildman–Crippen LogP) is 1.70. The lowest BCUT2D eigenvalue weighted by molar-refractivity contribution is -0.144. The first-order valence-electron chi connectivity index (χ1n) is 8.27. The van der Waals surface area contributed by atoms with Crippen LogP contribution in [0.1, 0.15) is 12.0 Å². The van der Waals surface area contributed by atoms with Gasteiger partial charge in [0.15, 0.2) is 0 Å². The summed E-state index contributed by atoms with van der Waals surface area (Å²) in [6, 6.07) is 6.42. The van der Waals surface area contributed by atoms with Gasteiger partial charge in [0, 0.05) is 32.7 Å². The molecule has 1 unspecified atom stereocenters. The molecular weight excluding hydrogens is 311 g/mol. The van der Waals surface area contributed by atoms with Crippen LogP contribution >= 0.6 is 0 Å². The quantitative estimate of drug-likeness (QED) is 0.888. The molecule has 1 spiro atoms. The Morgan fingerprint density at radius 3 is 2.75 bits per heavy atom. The molecule has 0 bridgehead atoms. The monoisotopic (exact) mass is 334 g/mol. The molecule has 0 aliphatic carbocycles. The van der Waals surface area contributed by atoms with Crippen LogP contribution in [0.25, 0.3) is 6.08 Å². The normalized spacial score (nSPS) is 25.7. The number of aliphatic carboxylic acids is 1. The van der Waals surface area contributed by atoms with E-state index in [0.717, 1.165) is 31.6 Å². The van der Waals surface area contributed by atoms with Crippen molar-refractivity contribution in [3.63, 3.8) is 0 Å². The van der Waals surface area contributed by atoms with Gasteiger partial charge in [-0.15, -0.1) is 0 Å². The molecule has 2 heterocycles. The van der Waals surface area contributed by atoms with Crippen LogP contribution in [-0.4, -0.2) is 72.4 Å². The average molecular weight is 334 g/mol. The fourth-order valence-electron chi connectivity index (χ4n) is 3.49. The molecule has 2 fully saturated rings. The lowest BCUT2D eigenvalue weighted by Gasteiger charge is -2.39. The van der Waals surface area contributed by atoms with E-state index >= 15 is 0 Å². The van der Waals surface area contributed by atoms with Crippen LogP contribution in [0, 0.1) is 5.82 Å².